The first-order valence-corrected chi connectivity index (χ1v) is 17.5. The molecule has 2 unspecified atom stereocenters. The third-order valence-corrected chi connectivity index (χ3v) is 12.8. The molecule has 0 amide bonds. The average Bonchev–Trinajstić information content (AvgIpc) is 3.70. The third kappa shape index (κ3) is 3.56. The lowest BCUT2D eigenvalue weighted by atomic mass is 9.61. The molecule has 1 spiro atoms. The zero-order valence-corrected chi connectivity index (χ0v) is 28.1. The van der Waals surface area contributed by atoms with E-state index >= 15 is 8.78 Å². The molecule has 6 aromatic rings. The van der Waals surface area contributed by atoms with Crippen LogP contribution < -0.4 is 4.90 Å². The third-order valence-electron chi connectivity index (χ3n) is 12.8. The van der Waals surface area contributed by atoms with Crippen molar-refractivity contribution in [1.29, 1.82) is 0 Å². The second-order valence-corrected chi connectivity index (χ2v) is 14.9. The molecule has 0 radical (unpaired) electrons. The summed E-state index contributed by atoms with van der Waals surface area (Å²) in [5.74, 6) is -9.63. The highest BCUT2D eigenvalue weighted by molar-refractivity contribution is 5.96. The van der Waals surface area contributed by atoms with Crippen LogP contribution in [0.25, 0.3) is 33.4 Å². The number of anilines is 2. The van der Waals surface area contributed by atoms with Crippen molar-refractivity contribution < 1.29 is 22.0 Å². The molecule has 10 rings (SSSR count). The summed E-state index contributed by atoms with van der Waals surface area (Å²) < 4.78 is 74.6. The number of rotatable bonds is 2. The predicted molar refractivity (Wildman–Crippen MR) is 191 cm³/mol. The molecule has 1 nitrogen and oxygen atoms in total. The zero-order valence-electron chi connectivity index (χ0n) is 28.1. The van der Waals surface area contributed by atoms with E-state index in [1.807, 2.05) is 13.0 Å². The van der Waals surface area contributed by atoms with Crippen molar-refractivity contribution in [3.05, 3.63) is 166 Å². The highest BCUT2D eigenvalue weighted by Crippen LogP contribution is 2.64. The Kier molecular flexibility index (Phi) is 6.11. The Balaban J connectivity index is 1.17. The van der Waals surface area contributed by atoms with Gasteiger partial charge in [0, 0.05) is 11.1 Å². The summed E-state index contributed by atoms with van der Waals surface area (Å²) in [6, 6.07) is 38.3. The summed E-state index contributed by atoms with van der Waals surface area (Å²) >= 11 is 0. The highest BCUT2D eigenvalue weighted by Gasteiger charge is 2.59. The first kappa shape index (κ1) is 30.6. The van der Waals surface area contributed by atoms with E-state index in [9.17, 15) is 13.2 Å². The molecule has 51 heavy (non-hydrogen) atoms. The fraction of sp³-hybridized carbons (Fsp3) is 0.200. The van der Waals surface area contributed by atoms with E-state index in [1.54, 1.807) is 6.07 Å². The number of fused-ring (bicyclic) bond motifs is 13. The van der Waals surface area contributed by atoms with E-state index in [4.69, 9.17) is 0 Å². The van der Waals surface area contributed by atoms with Crippen LogP contribution in [0, 0.1) is 29.1 Å². The minimum Gasteiger partial charge on any atom is -0.329 e. The monoisotopic (exact) mass is 681 g/mol. The number of hydrogen-bond donors (Lipinski definition) is 0. The van der Waals surface area contributed by atoms with Crippen LogP contribution in [0.5, 0.6) is 0 Å². The van der Waals surface area contributed by atoms with Crippen molar-refractivity contribution in [1.82, 2.24) is 0 Å². The normalized spacial score (nSPS) is 21.6. The van der Waals surface area contributed by atoms with E-state index in [0.717, 1.165) is 35.1 Å². The summed E-state index contributed by atoms with van der Waals surface area (Å²) in [6.45, 7) is 3.96. The number of halogens is 5. The quantitative estimate of drug-likeness (QED) is 0.0997. The van der Waals surface area contributed by atoms with Gasteiger partial charge >= 0.3 is 0 Å². The van der Waals surface area contributed by atoms with Crippen molar-refractivity contribution in [2.24, 2.45) is 0 Å². The Bertz CT molecular complexity index is 2430. The Labute approximate surface area is 293 Å². The van der Waals surface area contributed by atoms with Crippen LogP contribution in [0.3, 0.4) is 0 Å². The van der Waals surface area contributed by atoms with E-state index < -0.39 is 51.1 Å². The van der Waals surface area contributed by atoms with Gasteiger partial charge in [-0.2, -0.15) is 0 Å². The first-order chi connectivity index (χ1) is 24.6. The predicted octanol–water partition coefficient (Wildman–Crippen LogP) is 12.1. The van der Waals surface area contributed by atoms with Crippen LogP contribution in [-0.2, 0) is 10.8 Å². The molecule has 6 aromatic carbocycles. The van der Waals surface area contributed by atoms with Gasteiger partial charge in [0.15, 0.2) is 23.3 Å². The molecular weight excluding hydrogens is 649 g/mol. The number of benzene rings is 6. The van der Waals surface area contributed by atoms with Gasteiger partial charge in [0.05, 0.1) is 11.0 Å². The molecule has 0 aromatic heterocycles. The molecule has 3 aliphatic carbocycles. The Morgan fingerprint density at radius 2 is 0.941 bits per heavy atom. The van der Waals surface area contributed by atoms with Gasteiger partial charge in [-0.15, -0.1) is 0 Å². The fourth-order valence-electron chi connectivity index (χ4n) is 10.3. The van der Waals surface area contributed by atoms with E-state index in [1.165, 1.54) is 43.8 Å². The molecule has 1 heterocycles. The van der Waals surface area contributed by atoms with Crippen LogP contribution in [-0.4, -0.2) is 5.54 Å². The lowest BCUT2D eigenvalue weighted by Crippen LogP contribution is -2.55. The smallest absolute Gasteiger partial charge is 0.200 e. The molecule has 6 heteroatoms. The van der Waals surface area contributed by atoms with Gasteiger partial charge < -0.3 is 4.90 Å². The van der Waals surface area contributed by atoms with Crippen LogP contribution in [0.1, 0.15) is 67.3 Å². The molecule has 0 saturated heterocycles. The van der Waals surface area contributed by atoms with Gasteiger partial charge in [0.1, 0.15) is 5.69 Å². The van der Waals surface area contributed by atoms with Crippen molar-refractivity contribution in [2.75, 3.05) is 4.90 Å². The van der Waals surface area contributed by atoms with E-state index in [0.29, 0.717) is 18.5 Å². The molecule has 0 bridgehead atoms. The van der Waals surface area contributed by atoms with Crippen molar-refractivity contribution >= 4 is 11.4 Å². The van der Waals surface area contributed by atoms with E-state index in [2.05, 4.69) is 104 Å². The van der Waals surface area contributed by atoms with Crippen molar-refractivity contribution in [3.63, 3.8) is 0 Å². The maximum absolute atomic E-state index is 15.5. The molecule has 4 aliphatic rings. The van der Waals surface area contributed by atoms with Gasteiger partial charge in [0.25, 0.3) is 0 Å². The maximum Gasteiger partial charge on any atom is 0.200 e. The van der Waals surface area contributed by atoms with Crippen LogP contribution in [0.4, 0.5) is 33.3 Å². The largest absolute Gasteiger partial charge is 0.329 e. The lowest BCUT2D eigenvalue weighted by molar-refractivity contribution is 0.192. The second-order valence-electron chi connectivity index (χ2n) is 14.9. The standard InChI is InChI=1S/C45H32F5N/c1-43-21-9-10-22-44(43,2)51(42-40(49)38(47)37(46)39(48)41(42)50)36-20-18-26(24-35(36)43)25-17-19-34-30(23-25)29-13-5-8-16-33(29)45(34)31-14-6-3-11-27(31)28-12-4-7-15-32(28)45/h3-8,11-20,23-24H,9-10,21-22H2,1-2H3. The molecular formula is C45H32F5N. The SMILES string of the molecule is CC12CCCCC1(C)N(c1c(F)c(F)c(F)c(F)c1F)c1ccc(-c3ccc4c(c3)-c3ccccc3C43c4ccccc4-c4ccccc43)cc12. The Morgan fingerprint density at radius 3 is 1.55 bits per heavy atom. The molecule has 252 valence electrons. The van der Waals surface area contributed by atoms with Crippen LogP contribution in [0.2, 0.25) is 0 Å². The fourth-order valence-corrected chi connectivity index (χ4v) is 10.3. The number of hydrogen-bond acceptors (Lipinski definition) is 1. The number of nitrogens with zero attached hydrogens (tertiary/aromatic N) is 1. The highest BCUT2D eigenvalue weighted by atomic mass is 19.2. The van der Waals surface area contributed by atoms with Crippen molar-refractivity contribution in [2.45, 2.75) is 55.9 Å². The summed E-state index contributed by atoms with van der Waals surface area (Å²) in [7, 11) is 0. The minimum absolute atomic E-state index is 0.457. The minimum atomic E-state index is -2.15. The zero-order chi connectivity index (χ0) is 35.0. The van der Waals surface area contributed by atoms with Crippen LogP contribution in [0.15, 0.2) is 109 Å². The van der Waals surface area contributed by atoms with Gasteiger partial charge in [0.2, 0.25) is 5.82 Å². The summed E-state index contributed by atoms with van der Waals surface area (Å²) in [5.41, 5.74) is 10.1. The van der Waals surface area contributed by atoms with Crippen LogP contribution >= 0.6 is 0 Å². The second kappa shape index (κ2) is 10.2. The Morgan fingerprint density at radius 1 is 0.471 bits per heavy atom. The van der Waals surface area contributed by atoms with Crippen molar-refractivity contribution in [3.8, 4) is 33.4 Å². The molecule has 1 saturated carbocycles. The molecule has 2 atom stereocenters. The lowest BCUT2D eigenvalue weighted by Gasteiger charge is -2.50. The summed E-state index contributed by atoms with van der Waals surface area (Å²) in [5, 5.41) is 0. The summed E-state index contributed by atoms with van der Waals surface area (Å²) in [4.78, 5) is 1.40. The van der Waals surface area contributed by atoms with Gasteiger partial charge in [-0.25, -0.2) is 22.0 Å². The van der Waals surface area contributed by atoms with E-state index in [-0.39, 0.29) is 0 Å². The van der Waals surface area contributed by atoms with Gasteiger partial charge in [-0.3, -0.25) is 0 Å². The van der Waals surface area contributed by atoms with Gasteiger partial charge in [-0.05, 0) is 99.2 Å². The maximum atomic E-state index is 15.5. The Hall–Kier alpha value is -5.23. The average molecular weight is 682 g/mol. The topological polar surface area (TPSA) is 3.24 Å². The molecule has 0 N–H and O–H groups in total. The molecule has 1 fully saturated rings. The first-order valence-electron chi connectivity index (χ1n) is 17.5. The summed E-state index contributed by atoms with van der Waals surface area (Å²) in [6.07, 6.45) is 2.91. The molecule has 1 aliphatic heterocycles. The van der Waals surface area contributed by atoms with Gasteiger partial charge in [-0.1, -0.05) is 111 Å².